The molecule has 0 radical (unpaired) electrons. The number of nitrogens with one attached hydrogen (secondary N) is 1. The maximum absolute atomic E-state index is 14.3. The smallest absolute Gasteiger partial charge is 0.338 e. The minimum atomic E-state index is -1.13. The number of carbonyl (C=O) groups excluding carboxylic acids is 3. The van der Waals surface area contributed by atoms with Gasteiger partial charge in [0.2, 0.25) is 5.91 Å². The standard InChI is InChI=1S/C64H85NO6/c1-3-5-6-7-8-9-10-11-12-13-14-15-16-17-18-19-20-21-22-23-39-51-60(66)65-58(52-69-64(55-45-33-26-34-46-55,56-47-35-27-36-48-56)57-49-37-28-38-50-57)61(71-63(68)54-43-31-25-32-44-54)59(40-4-2)70-62(67)53-41-29-24-30-42-53/h24-38,41-50,58-59,61H,3-23,39-40,51-52H2,1-2H3,(H,65,66)/t58-,59+,61-/m0/s1. The Morgan fingerprint density at radius 3 is 1.13 bits per heavy atom. The quantitative estimate of drug-likeness (QED) is 0.0242. The molecule has 0 saturated carbocycles. The van der Waals surface area contributed by atoms with Gasteiger partial charge in [0.15, 0.2) is 6.10 Å². The predicted molar refractivity (Wildman–Crippen MR) is 291 cm³/mol. The normalized spacial score (nSPS) is 12.7. The molecule has 7 heteroatoms. The summed E-state index contributed by atoms with van der Waals surface area (Å²) in [6, 6.07) is 46.8. The molecule has 0 heterocycles. The Kier molecular flexibility index (Phi) is 27.0. The van der Waals surface area contributed by atoms with Crippen molar-refractivity contribution in [3.05, 3.63) is 179 Å². The summed E-state index contributed by atoms with van der Waals surface area (Å²) in [7, 11) is 0. The Labute approximate surface area is 427 Å². The van der Waals surface area contributed by atoms with Gasteiger partial charge in [0.05, 0.1) is 23.8 Å². The summed E-state index contributed by atoms with van der Waals surface area (Å²) >= 11 is 0. The first-order valence-electron chi connectivity index (χ1n) is 27.6. The number of esters is 2. The lowest BCUT2D eigenvalue weighted by molar-refractivity contribution is -0.126. The second-order valence-corrected chi connectivity index (χ2v) is 19.4. The Hall–Kier alpha value is -5.53. The van der Waals surface area contributed by atoms with Crippen molar-refractivity contribution in [3.8, 4) is 0 Å². The van der Waals surface area contributed by atoms with Crippen LogP contribution in [0.5, 0.6) is 0 Å². The van der Waals surface area contributed by atoms with Crippen LogP contribution in [0.25, 0.3) is 0 Å². The SMILES string of the molecule is CCCCCCCCCCCCCCCCCCCCCCCC(=O)N[C@@H](COC(c1ccccc1)(c1ccccc1)c1ccccc1)[C@H](OC(=O)c1ccccc1)[C@@H](CCC)OC(=O)c1ccccc1. The van der Waals surface area contributed by atoms with Crippen LogP contribution in [0.2, 0.25) is 0 Å². The second kappa shape index (κ2) is 33.9. The number of hydrogen-bond acceptors (Lipinski definition) is 6. The average molecular weight is 964 g/mol. The van der Waals surface area contributed by atoms with Gasteiger partial charge >= 0.3 is 11.9 Å². The third kappa shape index (κ3) is 19.9. The molecule has 0 unspecified atom stereocenters. The lowest BCUT2D eigenvalue weighted by Gasteiger charge is -2.39. The van der Waals surface area contributed by atoms with Gasteiger partial charge in [0, 0.05) is 6.42 Å². The van der Waals surface area contributed by atoms with Crippen LogP contribution in [0.3, 0.4) is 0 Å². The molecule has 1 N–H and O–H groups in total. The highest BCUT2D eigenvalue weighted by molar-refractivity contribution is 5.90. The molecule has 0 aliphatic heterocycles. The van der Waals surface area contributed by atoms with E-state index >= 15 is 0 Å². The summed E-state index contributed by atoms with van der Waals surface area (Å²) in [6.07, 6.45) is 26.5. The number of carbonyl (C=O) groups is 3. The van der Waals surface area contributed by atoms with Gasteiger partial charge in [-0.25, -0.2) is 9.59 Å². The summed E-state index contributed by atoms with van der Waals surface area (Å²) < 4.78 is 20.1. The van der Waals surface area contributed by atoms with Crippen molar-refractivity contribution in [2.24, 2.45) is 0 Å². The first kappa shape index (κ1) is 56.4. The van der Waals surface area contributed by atoms with Crippen LogP contribution in [0.15, 0.2) is 152 Å². The van der Waals surface area contributed by atoms with E-state index in [1.165, 1.54) is 116 Å². The average Bonchev–Trinajstić information content (AvgIpc) is 3.41. The molecule has 0 aliphatic carbocycles. The van der Waals surface area contributed by atoms with E-state index in [0.29, 0.717) is 30.4 Å². The van der Waals surface area contributed by atoms with Crippen molar-refractivity contribution in [1.29, 1.82) is 0 Å². The molecule has 0 saturated heterocycles. The lowest BCUT2D eigenvalue weighted by Crippen LogP contribution is -2.55. The predicted octanol–water partition coefficient (Wildman–Crippen LogP) is 16.3. The molecule has 5 aromatic rings. The van der Waals surface area contributed by atoms with E-state index in [2.05, 4.69) is 12.2 Å². The van der Waals surface area contributed by atoms with Gasteiger partial charge in [-0.3, -0.25) is 4.79 Å². The van der Waals surface area contributed by atoms with Crippen molar-refractivity contribution >= 4 is 17.8 Å². The molecule has 0 aromatic heterocycles. The molecule has 7 nitrogen and oxygen atoms in total. The van der Waals surface area contributed by atoms with E-state index in [4.69, 9.17) is 14.2 Å². The maximum Gasteiger partial charge on any atom is 0.338 e. The summed E-state index contributed by atoms with van der Waals surface area (Å²) in [5, 5.41) is 3.28. The zero-order chi connectivity index (χ0) is 50.0. The molecule has 3 atom stereocenters. The summed E-state index contributed by atoms with van der Waals surface area (Å²) in [4.78, 5) is 42.2. The molecular formula is C64H85NO6. The van der Waals surface area contributed by atoms with Crippen LogP contribution in [-0.4, -0.2) is 42.7 Å². The van der Waals surface area contributed by atoms with Crippen LogP contribution < -0.4 is 5.32 Å². The summed E-state index contributed by atoms with van der Waals surface area (Å²) in [5.41, 5.74) is 2.26. The number of ether oxygens (including phenoxy) is 3. The van der Waals surface area contributed by atoms with Crippen LogP contribution in [0, 0.1) is 0 Å². The largest absolute Gasteiger partial charge is 0.455 e. The van der Waals surface area contributed by atoms with Crippen molar-refractivity contribution in [2.75, 3.05) is 6.61 Å². The molecule has 0 fully saturated rings. The van der Waals surface area contributed by atoms with E-state index in [9.17, 15) is 14.4 Å². The van der Waals surface area contributed by atoms with Crippen LogP contribution in [-0.2, 0) is 24.6 Å². The van der Waals surface area contributed by atoms with E-state index in [1.807, 2.05) is 110 Å². The van der Waals surface area contributed by atoms with Crippen LogP contribution in [0.4, 0.5) is 0 Å². The van der Waals surface area contributed by atoms with Crippen molar-refractivity contribution < 1.29 is 28.6 Å². The molecule has 382 valence electrons. The third-order valence-corrected chi connectivity index (χ3v) is 13.7. The second-order valence-electron chi connectivity index (χ2n) is 19.4. The van der Waals surface area contributed by atoms with Gasteiger partial charge in [-0.2, -0.15) is 0 Å². The van der Waals surface area contributed by atoms with E-state index in [1.54, 1.807) is 48.5 Å². The summed E-state index contributed by atoms with van der Waals surface area (Å²) in [6.45, 7) is 4.20. The highest BCUT2D eigenvalue weighted by Crippen LogP contribution is 2.41. The maximum atomic E-state index is 14.3. The fourth-order valence-electron chi connectivity index (χ4n) is 9.74. The highest BCUT2D eigenvalue weighted by atomic mass is 16.6. The number of rotatable bonds is 37. The van der Waals surface area contributed by atoms with E-state index in [-0.39, 0.29) is 12.5 Å². The number of amides is 1. The van der Waals surface area contributed by atoms with E-state index < -0.39 is 35.8 Å². The van der Waals surface area contributed by atoms with Crippen molar-refractivity contribution in [3.63, 3.8) is 0 Å². The highest BCUT2D eigenvalue weighted by Gasteiger charge is 2.42. The zero-order valence-corrected chi connectivity index (χ0v) is 43.3. The van der Waals surface area contributed by atoms with Crippen molar-refractivity contribution in [2.45, 2.75) is 192 Å². The van der Waals surface area contributed by atoms with Gasteiger partial charge in [-0.15, -0.1) is 0 Å². The molecule has 0 bridgehead atoms. The first-order chi connectivity index (χ1) is 35.0. The van der Waals surface area contributed by atoms with Gasteiger partial charge < -0.3 is 19.5 Å². The Morgan fingerprint density at radius 2 is 0.761 bits per heavy atom. The first-order valence-corrected chi connectivity index (χ1v) is 27.6. The van der Waals surface area contributed by atoms with Crippen molar-refractivity contribution in [1.82, 2.24) is 5.32 Å². The van der Waals surface area contributed by atoms with Gasteiger partial charge in [0.25, 0.3) is 0 Å². The molecule has 5 rings (SSSR count). The number of unbranched alkanes of at least 4 members (excludes halogenated alkanes) is 20. The minimum absolute atomic E-state index is 0.0838. The molecule has 0 spiro atoms. The molecule has 5 aromatic carbocycles. The Bertz CT molecular complexity index is 2050. The third-order valence-electron chi connectivity index (χ3n) is 13.7. The van der Waals surface area contributed by atoms with Crippen LogP contribution >= 0.6 is 0 Å². The minimum Gasteiger partial charge on any atom is -0.455 e. The van der Waals surface area contributed by atoms with Gasteiger partial charge in [0.1, 0.15) is 11.7 Å². The Morgan fingerprint density at radius 1 is 0.423 bits per heavy atom. The molecule has 0 aliphatic rings. The lowest BCUT2D eigenvalue weighted by atomic mass is 9.80. The molecule has 71 heavy (non-hydrogen) atoms. The van der Waals surface area contributed by atoms with E-state index in [0.717, 1.165) is 36.0 Å². The Balaban J connectivity index is 1.25. The molecule has 1 amide bonds. The fourth-order valence-corrected chi connectivity index (χ4v) is 9.74. The van der Waals surface area contributed by atoms with Gasteiger partial charge in [-0.1, -0.05) is 276 Å². The molecular weight excluding hydrogens is 879 g/mol. The fraction of sp³-hybridized carbons (Fsp3) is 0.484. The number of benzene rings is 5. The van der Waals surface area contributed by atoms with Gasteiger partial charge in [-0.05, 0) is 53.8 Å². The zero-order valence-electron chi connectivity index (χ0n) is 43.3. The number of hydrogen-bond donors (Lipinski definition) is 1. The summed E-state index contributed by atoms with van der Waals surface area (Å²) in [5.74, 6) is -1.30. The van der Waals surface area contributed by atoms with Crippen LogP contribution in [0.1, 0.15) is 205 Å². The monoisotopic (exact) mass is 964 g/mol. The topological polar surface area (TPSA) is 90.9 Å².